The lowest BCUT2D eigenvalue weighted by Gasteiger charge is -2.15. The van der Waals surface area contributed by atoms with E-state index in [2.05, 4.69) is 20.3 Å². The fourth-order valence-corrected chi connectivity index (χ4v) is 1.75. The second-order valence-electron chi connectivity index (χ2n) is 2.96. The molecule has 0 aromatic carbocycles. The Morgan fingerprint density at radius 1 is 1.67 bits per heavy atom. The number of esters is 1. The number of rotatable bonds is 4. The van der Waals surface area contributed by atoms with Gasteiger partial charge in [0.2, 0.25) is 5.16 Å². The van der Waals surface area contributed by atoms with Crippen LogP contribution in [-0.4, -0.2) is 44.6 Å². The normalized spacial score (nSPS) is 14.7. The number of tetrazole rings is 1. The topological polar surface area (TPSA) is 95.9 Å². The van der Waals surface area contributed by atoms with Crippen LogP contribution in [0.2, 0.25) is 0 Å². The molecule has 0 spiro atoms. The lowest BCUT2D eigenvalue weighted by Crippen LogP contribution is -2.39. The number of methoxy groups -OCH3 is 1. The van der Waals surface area contributed by atoms with Gasteiger partial charge in [-0.05, 0) is 10.4 Å². The summed E-state index contributed by atoms with van der Waals surface area (Å²) in [7, 11) is 3.03. The van der Waals surface area contributed by atoms with Crippen LogP contribution < -0.4 is 5.73 Å². The van der Waals surface area contributed by atoms with E-state index < -0.39 is 12.0 Å². The molecule has 8 heteroatoms. The highest BCUT2D eigenvalue weighted by Gasteiger charge is 2.24. The number of aryl methyl sites for hydroxylation is 1. The standard InChI is InChI=1S/C7H13N5O2S/c1-4(5(8)6(13)14-3)15-7-9-10-11-12(7)2/h4-5H,8H2,1-3H3/t4-,5+/m0/s1. The molecule has 1 heterocycles. The molecule has 0 amide bonds. The van der Waals surface area contributed by atoms with Crippen LogP contribution in [0, 0.1) is 0 Å². The van der Waals surface area contributed by atoms with Crippen LogP contribution in [0.25, 0.3) is 0 Å². The zero-order valence-electron chi connectivity index (χ0n) is 8.75. The molecule has 1 rings (SSSR count). The summed E-state index contributed by atoms with van der Waals surface area (Å²) in [6, 6.07) is -0.684. The van der Waals surface area contributed by atoms with E-state index in [0.29, 0.717) is 5.16 Å². The Hall–Kier alpha value is -1.15. The molecule has 84 valence electrons. The molecule has 7 nitrogen and oxygen atoms in total. The number of ether oxygens (including phenoxy) is 1. The Labute approximate surface area is 91.3 Å². The molecule has 0 radical (unpaired) electrons. The summed E-state index contributed by atoms with van der Waals surface area (Å²) < 4.78 is 6.07. The monoisotopic (exact) mass is 231 g/mol. The molecular weight excluding hydrogens is 218 g/mol. The Kier molecular flexibility index (Phi) is 4.04. The first-order valence-electron chi connectivity index (χ1n) is 4.28. The zero-order valence-corrected chi connectivity index (χ0v) is 9.56. The van der Waals surface area contributed by atoms with Crippen LogP contribution in [0.1, 0.15) is 6.92 Å². The number of nitrogens with zero attached hydrogens (tertiary/aromatic N) is 4. The lowest BCUT2D eigenvalue weighted by atomic mass is 10.2. The van der Waals surface area contributed by atoms with Crippen molar-refractivity contribution in [2.45, 2.75) is 23.4 Å². The molecule has 0 aliphatic carbocycles. The van der Waals surface area contributed by atoms with Crippen molar-refractivity contribution in [1.29, 1.82) is 0 Å². The molecule has 0 saturated heterocycles. The summed E-state index contributed by atoms with van der Waals surface area (Å²) in [6.07, 6.45) is 0. The maximum Gasteiger partial charge on any atom is 0.323 e. The molecule has 0 fully saturated rings. The molecule has 1 aromatic rings. The number of thioether (sulfide) groups is 1. The molecule has 15 heavy (non-hydrogen) atoms. The minimum atomic E-state index is -0.684. The van der Waals surface area contributed by atoms with Crippen molar-refractivity contribution >= 4 is 17.7 Å². The third kappa shape index (κ3) is 2.90. The van der Waals surface area contributed by atoms with Crippen LogP contribution in [0.3, 0.4) is 0 Å². The zero-order chi connectivity index (χ0) is 11.4. The van der Waals surface area contributed by atoms with Crippen molar-refractivity contribution in [3.8, 4) is 0 Å². The average Bonchev–Trinajstić information content (AvgIpc) is 2.62. The van der Waals surface area contributed by atoms with Gasteiger partial charge in [0.15, 0.2) is 0 Å². The van der Waals surface area contributed by atoms with Crippen molar-refractivity contribution in [3.05, 3.63) is 0 Å². The van der Waals surface area contributed by atoms with E-state index in [1.165, 1.54) is 23.6 Å². The smallest absolute Gasteiger partial charge is 0.323 e. The Morgan fingerprint density at radius 2 is 2.33 bits per heavy atom. The molecule has 0 unspecified atom stereocenters. The van der Waals surface area contributed by atoms with Gasteiger partial charge in [0, 0.05) is 12.3 Å². The molecule has 0 aliphatic heterocycles. The summed E-state index contributed by atoms with van der Waals surface area (Å²) in [4.78, 5) is 11.1. The number of nitrogens with two attached hydrogens (primary N) is 1. The van der Waals surface area contributed by atoms with Gasteiger partial charge in [-0.1, -0.05) is 18.7 Å². The summed E-state index contributed by atoms with van der Waals surface area (Å²) in [5, 5.41) is 11.4. The summed E-state index contributed by atoms with van der Waals surface area (Å²) in [5.74, 6) is -0.440. The van der Waals surface area contributed by atoms with E-state index >= 15 is 0 Å². The van der Waals surface area contributed by atoms with Gasteiger partial charge in [0.05, 0.1) is 7.11 Å². The molecule has 0 aliphatic rings. The van der Waals surface area contributed by atoms with Crippen LogP contribution in [-0.2, 0) is 16.6 Å². The first kappa shape index (κ1) is 11.9. The third-order valence-corrected chi connectivity index (χ3v) is 3.07. The maximum atomic E-state index is 11.1. The van der Waals surface area contributed by atoms with E-state index in [1.807, 2.05) is 6.92 Å². The van der Waals surface area contributed by atoms with Crippen LogP contribution in [0.5, 0.6) is 0 Å². The number of carbonyl (C=O) groups is 1. The van der Waals surface area contributed by atoms with E-state index in [0.717, 1.165) is 0 Å². The van der Waals surface area contributed by atoms with E-state index in [4.69, 9.17) is 5.73 Å². The highest BCUT2D eigenvalue weighted by Crippen LogP contribution is 2.21. The number of hydrogen-bond donors (Lipinski definition) is 1. The summed E-state index contributed by atoms with van der Waals surface area (Å²) >= 11 is 1.33. The first-order valence-corrected chi connectivity index (χ1v) is 5.16. The molecular formula is C7H13N5O2S. The van der Waals surface area contributed by atoms with Crippen LogP contribution >= 0.6 is 11.8 Å². The fourth-order valence-electron chi connectivity index (χ4n) is 0.888. The predicted octanol–water partition coefficient (Wildman–Crippen LogP) is -0.809. The Morgan fingerprint density at radius 3 is 2.80 bits per heavy atom. The van der Waals surface area contributed by atoms with E-state index in [9.17, 15) is 4.79 Å². The lowest BCUT2D eigenvalue weighted by molar-refractivity contribution is -0.142. The van der Waals surface area contributed by atoms with Gasteiger partial charge < -0.3 is 10.5 Å². The molecule has 2 atom stereocenters. The van der Waals surface area contributed by atoms with E-state index in [1.54, 1.807) is 7.05 Å². The van der Waals surface area contributed by atoms with Crippen LogP contribution in [0.4, 0.5) is 0 Å². The highest BCUT2D eigenvalue weighted by molar-refractivity contribution is 7.99. The second-order valence-corrected chi connectivity index (χ2v) is 4.30. The van der Waals surface area contributed by atoms with Gasteiger partial charge >= 0.3 is 5.97 Å². The Balaban J connectivity index is 2.59. The van der Waals surface area contributed by atoms with Gasteiger partial charge in [0.25, 0.3) is 0 Å². The Bertz CT molecular complexity index is 342. The molecule has 1 aromatic heterocycles. The minimum absolute atomic E-state index is 0.151. The van der Waals surface area contributed by atoms with Gasteiger partial charge in [0.1, 0.15) is 6.04 Å². The van der Waals surface area contributed by atoms with Crippen molar-refractivity contribution in [1.82, 2.24) is 20.2 Å². The van der Waals surface area contributed by atoms with Gasteiger partial charge in [-0.15, -0.1) is 5.10 Å². The largest absolute Gasteiger partial charge is 0.468 e. The maximum absolute atomic E-state index is 11.1. The number of carbonyl (C=O) groups excluding carboxylic acids is 1. The SMILES string of the molecule is COC(=O)[C@H](N)[C@H](C)Sc1nnnn1C. The van der Waals surface area contributed by atoms with Gasteiger partial charge in [-0.2, -0.15) is 0 Å². The van der Waals surface area contributed by atoms with Gasteiger partial charge in [-0.25, -0.2) is 4.68 Å². The minimum Gasteiger partial charge on any atom is -0.468 e. The van der Waals surface area contributed by atoms with Crippen molar-refractivity contribution in [2.24, 2.45) is 12.8 Å². The number of aromatic nitrogens is 4. The van der Waals surface area contributed by atoms with Crippen LogP contribution in [0.15, 0.2) is 5.16 Å². The molecule has 0 bridgehead atoms. The first-order chi connectivity index (χ1) is 7.06. The molecule has 2 N–H and O–H groups in total. The fraction of sp³-hybridized carbons (Fsp3) is 0.714. The van der Waals surface area contributed by atoms with Gasteiger partial charge in [-0.3, -0.25) is 4.79 Å². The second kappa shape index (κ2) is 5.08. The quantitative estimate of drug-likeness (QED) is 0.534. The molecule has 0 saturated carbocycles. The number of hydrogen-bond acceptors (Lipinski definition) is 7. The average molecular weight is 231 g/mol. The highest BCUT2D eigenvalue weighted by atomic mass is 32.2. The van der Waals surface area contributed by atoms with Crippen molar-refractivity contribution in [3.63, 3.8) is 0 Å². The summed E-state index contributed by atoms with van der Waals surface area (Å²) in [6.45, 7) is 1.82. The van der Waals surface area contributed by atoms with Crippen molar-refractivity contribution < 1.29 is 9.53 Å². The third-order valence-electron chi connectivity index (χ3n) is 1.85. The summed E-state index contributed by atoms with van der Waals surface area (Å²) in [5.41, 5.74) is 5.66. The van der Waals surface area contributed by atoms with E-state index in [-0.39, 0.29) is 5.25 Å². The van der Waals surface area contributed by atoms with Crippen molar-refractivity contribution in [2.75, 3.05) is 7.11 Å². The predicted molar refractivity (Wildman–Crippen MR) is 54.1 cm³/mol.